The fourth-order valence-electron chi connectivity index (χ4n) is 2.27. The molecule has 0 unspecified atom stereocenters. The highest BCUT2D eigenvalue weighted by molar-refractivity contribution is 8.00. The van der Waals surface area contributed by atoms with Crippen LogP contribution in [0.15, 0.2) is 52.2 Å². The summed E-state index contributed by atoms with van der Waals surface area (Å²) in [5.41, 5.74) is 1.74. The van der Waals surface area contributed by atoms with Crippen molar-refractivity contribution in [3.05, 3.63) is 52.9 Å². The maximum Gasteiger partial charge on any atom is 0.323 e. The number of ether oxygens (including phenoxy) is 1. The first kappa shape index (κ1) is 16.2. The van der Waals surface area contributed by atoms with Gasteiger partial charge in [0.2, 0.25) is 5.91 Å². The van der Waals surface area contributed by atoms with Crippen LogP contribution in [0.4, 0.5) is 5.69 Å². The first-order chi connectivity index (χ1) is 11.5. The number of carbonyl (C=O) groups excluding carboxylic acids is 1. The Kier molecular flexibility index (Phi) is 4.61. The van der Waals surface area contributed by atoms with Gasteiger partial charge in [-0.1, -0.05) is 0 Å². The molecule has 0 radical (unpaired) electrons. The highest BCUT2D eigenvalue weighted by Crippen LogP contribution is 2.26. The van der Waals surface area contributed by atoms with Crippen molar-refractivity contribution in [3.8, 4) is 5.75 Å². The minimum atomic E-state index is -0.267. The molecule has 3 rings (SSSR count). The Balaban J connectivity index is 1.66. The van der Waals surface area contributed by atoms with Crippen LogP contribution in [0.5, 0.6) is 5.75 Å². The summed E-state index contributed by atoms with van der Waals surface area (Å²) in [5.74, 6) is 0.679. The van der Waals surface area contributed by atoms with Gasteiger partial charge in [0, 0.05) is 10.6 Å². The molecule has 0 saturated carbocycles. The topological polar surface area (TPSA) is 87.0 Å². The summed E-state index contributed by atoms with van der Waals surface area (Å²) < 4.78 is 5.12. The lowest BCUT2D eigenvalue weighted by atomic mass is 10.2. The van der Waals surface area contributed by atoms with Gasteiger partial charge in [-0.3, -0.25) is 4.79 Å². The molecule has 124 valence electrons. The van der Waals surface area contributed by atoms with Crippen molar-refractivity contribution in [1.82, 2.24) is 9.97 Å². The fraction of sp³-hybridized carbons (Fsp3) is 0.176. The number of hydrogen-bond donors (Lipinski definition) is 3. The molecule has 0 spiro atoms. The van der Waals surface area contributed by atoms with Crippen molar-refractivity contribution >= 4 is 34.4 Å². The summed E-state index contributed by atoms with van der Waals surface area (Å²) in [7, 11) is 1.62. The highest BCUT2D eigenvalue weighted by atomic mass is 32.2. The Labute approximate surface area is 142 Å². The minimum absolute atomic E-state index is 0.104. The SMILES string of the molecule is COc1ccc(S[C@H](C)C(=O)Nc2ccc3[nH]c(=O)[nH]c3c2)cc1. The minimum Gasteiger partial charge on any atom is -0.497 e. The lowest BCUT2D eigenvalue weighted by molar-refractivity contribution is -0.115. The zero-order valence-electron chi connectivity index (χ0n) is 13.3. The number of anilines is 1. The van der Waals surface area contributed by atoms with Crippen LogP contribution in [0.2, 0.25) is 0 Å². The number of carbonyl (C=O) groups is 1. The largest absolute Gasteiger partial charge is 0.497 e. The smallest absolute Gasteiger partial charge is 0.323 e. The molecule has 1 amide bonds. The second kappa shape index (κ2) is 6.84. The average Bonchev–Trinajstić information content (AvgIpc) is 2.94. The predicted octanol–water partition coefficient (Wildman–Crippen LogP) is 2.98. The highest BCUT2D eigenvalue weighted by Gasteiger charge is 2.15. The number of aromatic amines is 2. The molecular formula is C17H17N3O3S. The van der Waals surface area contributed by atoms with E-state index in [1.54, 1.807) is 25.3 Å². The number of fused-ring (bicyclic) bond motifs is 1. The van der Waals surface area contributed by atoms with Gasteiger partial charge in [0.25, 0.3) is 0 Å². The van der Waals surface area contributed by atoms with Crippen LogP contribution in [0.25, 0.3) is 11.0 Å². The summed E-state index contributed by atoms with van der Waals surface area (Å²) in [6.07, 6.45) is 0. The maximum absolute atomic E-state index is 12.3. The maximum atomic E-state index is 12.3. The summed E-state index contributed by atoms with van der Waals surface area (Å²) >= 11 is 1.47. The van der Waals surface area contributed by atoms with E-state index in [9.17, 15) is 9.59 Å². The van der Waals surface area contributed by atoms with Crippen molar-refractivity contribution < 1.29 is 9.53 Å². The summed E-state index contributed by atoms with van der Waals surface area (Å²) in [6, 6.07) is 12.8. The number of benzene rings is 2. The zero-order valence-corrected chi connectivity index (χ0v) is 14.1. The number of H-pyrrole nitrogens is 2. The molecular weight excluding hydrogens is 326 g/mol. The van der Waals surface area contributed by atoms with Crippen LogP contribution >= 0.6 is 11.8 Å². The van der Waals surface area contributed by atoms with E-state index in [-0.39, 0.29) is 16.8 Å². The number of amides is 1. The number of aromatic nitrogens is 2. The molecule has 1 aromatic heterocycles. The normalized spacial score (nSPS) is 12.1. The Morgan fingerprint density at radius 1 is 1.12 bits per heavy atom. The van der Waals surface area contributed by atoms with Crippen molar-refractivity contribution in [2.45, 2.75) is 17.1 Å². The Bertz CT molecular complexity index is 915. The van der Waals surface area contributed by atoms with Gasteiger partial charge in [0.05, 0.1) is 23.4 Å². The molecule has 24 heavy (non-hydrogen) atoms. The average molecular weight is 343 g/mol. The summed E-state index contributed by atoms with van der Waals surface area (Å²) in [5, 5.41) is 2.60. The molecule has 1 heterocycles. The van der Waals surface area contributed by atoms with E-state index in [1.165, 1.54) is 11.8 Å². The fourth-order valence-corrected chi connectivity index (χ4v) is 3.13. The van der Waals surface area contributed by atoms with Crippen LogP contribution in [0.3, 0.4) is 0 Å². The van der Waals surface area contributed by atoms with Crippen LogP contribution in [-0.4, -0.2) is 28.2 Å². The molecule has 0 fully saturated rings. The van der Waals surface area contributed by atoms with E-state index in [2.05, 4.69) is 15.3 Å². The third-order valence-corrected chi connectivity index (χ3v) is 4.64. The number of rotatable bonds is 5. The Morgan fingerprint density at radius 2 is 1.83 bits per heavy atom. The van der Waals surface area contributed by atoms with Gasteiger partial charge in [-0.05, 0) is 49.4 Å². The van der Waals surface area contributed by atoms with E-state index >= 15 is 0 Å². The number of thioether (sulfide) groups is 1. The third-order valence-electron chi connectivity index (χ3n) is 3.53. The van der Waals surface area contributed by atoms with Crippen LogP contribution < -0.4 is 15.7 Å². The van der Waals surface area contributed by atoms with Gasteiger partial charge in [-0.25, -0.2) is 4.79 Å². The van der Waals surface area contributed by atoms with E-state index in [0.717, 1.165) is 10.6 Å². The molecule has 0 aliphatic rings. The van der Waals surface area contributed by atoms with Gasteiger partial charge in [0.15, 0.2) is 0 Å². The molecule has 0 bridgehead atoms. The van der Waals surface area contributed by atoms with E-state index < -0.39 is 0 Å². The van der Waals surface area contributed by atoms with Gasteiger partial charge in [-0.15, -0.1) is 11.8 Å². The van der Waals surface area contributed by atoms with Crippen molar-refractivity contribution in [2.75, 3.05) is 12.4 Å². The second-order valence-corrected chi connectivity index (χ2v) is 6.68. The monoisotopic (exact) mass is 343 g/mol. The van der Waals surface area contributed by atoms with Crippen molar-refractivity contribution in [3.63, 3.8) is 0 Å². The molecule has 2 aromatic carbocycles. The van der Waals surface area contributed by atoms with Crippen LogP contribution in [0, 0.1) is 0 Å². The van der Waals surface area contributed by atoms with E-state index in [0.29, 0.717) is 16.7 Å². The van der Waals surface area contributed by atoms with Crippen molar-refractivity contribution in [2.24, 2.45) is 0 Å². The first-order valence-electron chi connectivity index (χ1n) is 7.39. The third kappa shape index (κ3) is 3.62. The van der Waals surface area contributed by atoms with Gasteiger partial charge in [-0.2, -0.15) is 0 Å². The van der Waals surface area contributed by atoms with Crippen molar-refractivity contribution in [1.29, 1.82) is 0 Å². The first-order valence-corrected chi connectivity index (χ1v) is 8.27. The molecule has 1 atom stereocenters. The van der Waals surface area contributed by atoms with E-state index in [1.807, 2.05) is 31.2 Å². The number of methoxy groups -OCH3 is 1. The second-order valence-electron chi connectivity index (χ2n) is 5.26. The lowest BCUT2D eigenvalue weighted by Crippen LogP contribution is -2.22. The summed E-state index contributed by atoms with van der Waals surface area (Å²) in [6.45, 7) is 1.85. The van der Waals surface area contributed by atoms with Gasteiger partial charge in [0.1, 0.15) is 5.75 Å². The molecule has 0 aliphatic carbocycles. The molecule has 0 saturated heterocycles. The zero-order chi connectivity index (χ0) is 17.1. The van der Waals surface area contributed by atoms with E-state index in [4.69, 9.17) is 4.74 Å². The number of imidazole rings is 1. The van der Waals surface area contributed by atoms with Crippen LogP contribution in [-0.2, 0) is 4.79 Å². The molecule has 6 nitrogen and oxygen atoms in total. The summed E-state index contributed by atoms with van der Waals surface area (Å²) in [4.78, 5) is 29.9. The van der Waals surface area contributed by atoms with Gasteiger partial charge >= 0.3 is 5.69 Å². The molecule has 3 aromatic rings. The molecule has 7 heteroatoms. The quantitative estimate of drug-likeness (QED) is 0.622. The number of hydrogen-bond acceptors (Lipinski definition) is 4. The lowest BCUT2D eigenvalue weighted by Gasteiger charge is -2.12. The molecule has 3 N–H and O–H groups in total. The predicted molar refractivity (Wildman–Crippen MR) is 95.9 cm³/mol. The Morgan fingerprint density at radius 3 is 2.54 bits per heavy atom. The van der Waals surface area contributed by atoms with Crippen LogP contribution in [0.1, 0.15) is 6.92 Å². The standard InChI is InChI=1S/C17H17N3O3S/c1-10(24-13-6-4-12(23-2)5-7-13)16(21)18-11-3-8-14-15(9-11)20-17(22)19-14/h3-10H,1-2H3,(H,18,21)(H2,19,20,22)/t10-/m1/s1. The Hall–Kier alpha value is -2.67. The number of nitrogens with one attached hydrogen (secondary N) is 3. The molecule has 0 aliphatic heterocycles. The van der Waals surface area contributed by atoms with Gasteiger partial charge < -0.3 is 20.0 Å².